The average Bonchev–Trinajstić information content (AvgIpc) is 3.24. The van der Waals surface area contributed by atoms with Gasteiger partial charge in [-0.1, -0.05) is 23.7 Å². The number of aryl methyl sites for hydroxylation is 1. The van der Waals surface area contributed by atoms with Crippen LogP contribution in [-0.2, 0) is 4.79 Å². The highest BCUT2D eigenvalue weighted by Gasteiger charge is 2.11. The number of rotatable bonds is 7. The highest BCUT2D eigenvalue weighted by Crippen LogP contribution is 2.20. The van der Waals surface area contributed by atoms with Crippen LogP contribution in [0.1, 0.15) is 21.7 Å². The number of nitrogens with zero attached hydrogens (tertiary/aromatic N) is 1. The normalized spacial score (nSPS) is 10.7. The second-order valence-electron chi connectivity index (χ2n) is 5.93. The van der Waals surface area contributed by atoms with E-state index in [-0.39, 0.29) is 12.4 Å². The molecular weight excluding hydrogens is 396 g/mol. The van der Waals surface area contributed by atoms with E-state index in [4.69, 9.17) is 25.5 Å². The van der Waals surface area contributed by atoms with E-state index in [9.17, 15) is 9.59 Å². The predicted octanol–water partition coefficient (Wildman–Crippen LogP) is 3.99. The van der Waals surface area contributed by atoms with Gasteiger partial charge in [0.1, 0.15) is 11.5 Å². The van der Waals surface area contributed by atoms with E-state index in [2.05, 4.69) is 10.5 Å². The van der Waals surface area contributed by atoms with Crippen molar-refractivity contribution >= 4 is 29.7 Å². The number of hydrogen-bond acceptors (Lipinski definition) is 6. The smallest absolute Gasteiger partial charge is 0.379 e. The summed E-state index contributed by atoms with van der Waals surface area (Å²) in [4.78, 5) is 23.7. The summed E-state index contributed by atoms with van der Waals surface area (Å²) in [6, 6.07) is 14.9. The lowest BCUT2D eigenvalue weighted by molar-refractivity contribution is -0.123. The maximum absolute atomic E-state index is 11.9. The maximum Gasteiger partial charge on any atom is 0.379 e. The van der Waals surface area contributed by atoms with E-state index in [1.54, 1.807) is 48.5 Å². The van der Waals surface area contributed by atoms with Gasteiger partial charge in [0.25, 0.3) is 5.91 Å². The fourth-order valence-electron chi connectivity index (χ4n) is 2.28. The van der Waals surface area contributed by atoms with Crippen molar-refractivity contribution in [1.29, 1.82) is 0 Å². The van der Waals surface area contributed by atoms with Crippen LogP contribution in [0.25, 0.3) is 0 Å². The first-order valence-corrected chi connectivity index (χ1v) is 8.95. The van der Waals surface area contributed by atoms with E-state index in [1.165, 1.54) is 18.5 Å². The monoisotopic (exact) mass is 412 g/mol. The predicted molar refractivity (Wildman–Crippen MR) is 108 cm³/mol. The fraction of sp³-hybridized carbons (Fsp3) is 0.0952. The summed E-state index contributed by atoms with van der Waals surface area (Å²) in [5.41, 5.74) is 3.85. The fourth-order valence-corrected chi connectivity index (χ4v) is 2.39. The summed E-state index contributed by atoms with van der Waals surface area (Å²) in [6.07, 6.45) is 2.81. The molecule has 0 bridgehead atoms. The van der Waals surface area contributed by atoms with Gasteiger partial charge in [-0.2, -0.15) is 5.10 Å². The molecule has 0 radical (unpaired) electrons. The zero-order valence-electron chi connectivity index (χ0n) is 15.4. The molecule has 0 spiro atoms. The van der Waals surface area contributed by atoms with Gasteiger partial charge in [-0.05, 0) is 60.5 Å². The lowest BCUT2D eigenvalue weighted by atomic mass is 10.2. The molecule has 0 unspecified atom stereocenters. The lowest BCUT2D eigenvalue weighted by Crippen LogP contribution is -2.24. The van der Waals surface area contributed by atoms with Crippen molar-refractivity contribution in [1.82, 2.24) is 5.43 Å². The molecule has 1 amide bonds. The number of carbonyl (C=O) groups is 2. The molecule has 1 aromatic heterocycles. The molecule has 1 N–H and O–H groups in total. The number of benzene rings is 2. The van der Waals surface area contributed by atoms with Gasteiger partial charge >= 0.3 is 5.97 Å². The van der Waals surface area contributed by atoms with Crippen molar-refractivity contribution in [2.75, 3.05) is 6.61 Å². The zero-order valence-corrected chi connectivity index (χ0v) is 16.2. The molecule has 0 aliphatic carbocycles. The summed E-state index contributed by atoms with van der Waals surface area (Å²) < 4.78 is 15.6. The van der Waals surface area contributed by atoms with Crippen molar-refractivity contribution in [3.63, 3.8) is 0 Å². The highest BCUT2D eigenvalue weighted by molar-refractivity contribution is 6.31. The molecule has 0 saturated heterocycles. The van der Waals surface area contributed by atoms with Gasteiger partial charge in [0.05, 0.1) is 12.5 Å². The van der Waals surface area contributed by atoms with Crippen LogP contribution in [0.5, 0.6) is 11.5 Å². The number of ether oxygens (including phenoxy) is 2. The number of carbonyl (C=O) groups excluding carboxylic acids is 2. The van der Waals surface area contributed by atoms with Crippen molar-refractivity contribution in [2.24, 2.45) is 5.10 Å². The van der Waals surface area contributed by atoms with E-state index >= 15 is 0 Å². The molecule has 0 aliphatic heterocycles. The molecule has 0 fully saturated rings. The van der Waals surface area contributed by atoms with Crippen LogP contribution in [-0.4, -0.2) is 24.7 Å². The van der Waals surface area contributed by atoms with Crippen molar-refractivity contribution in [3.05, 3.63) is 82.8 Å². The summed E-state index contributed by atoms with van der Waals surface area (Å²) in [7, 11) is 0. The third-order valence-electron chi connectivity index (χ3n) is 3.69. The van der Waals surface area contributed by atoms with Crippen LogP contribution in [0.3, 0.4) is 0 Å². The summed E-state index contributed by atoms with van der Waals surface area (Å²) in [5.74, 6) is -0.0614. The third kappa shape index (κ3) is 5.95. The van der Waals surface area contributed by atoms with Crippen LogP contribution in [0.2, 0.25) is 5.02 Å². The zero-order chi connectivity index (χ0) is 20.6. The number of hydrazone groups is 1. The molecule has 0 saturated carbocycles. The molecule has 3 aromatic rings. The summed E-state index contributed by atoms with van der Waals surface area (Å²) >= 11 is 5.95. The Morgan fingerprint density at radius 2 is 2.00 bits per heavy atom. The second kappa shape index (κ2) is 9.57. The van der Waals surface area contributed by atoms with Crippen LogP contribution < -0.4 is 14.9 Å². The van der Waals surface area contributed by atoms with Crippen molar-refractivity contribution < 1.29 is 23.5 Å². The maximum atomic E-state index is 11.9. The Bertz CT molecular complexity index is 1030. The van der Waals surface area contributed by atoms with Gasteiger partial charge in [-0.15, -0.1) is 0 Å². The third-order valence-corrected chi connectivity index (χ3v) is 4.12. The van der Waals surface area contributed by atoms with E-state index < -0.39 is 11.9 Å². The SMILES string of the molecule is Cc1cc(OCC(=O)N/N=C/c2cccc(OC(=O)c3ccco3)c2)ccc1Cl. The molecule has 0 atom stereocenters. The molecule has 148 valence electrons. The quantitative estimate of drug-likeness (QED) is 0.274. The Kier molecular flexibility index (Phi) is 6.65. The molecule has 29 heavy (non-hydrogen) atoms. The van der Waals surface area contributed by atoms with Gasteiger partial charge in [0.15, 0.2) is 6.61 Å². The van der Waals surface area contributed by atoms with Crippen molar-refractivity contribution in [3.8, 4) is 11.5 Å². The van der Waals surface area contributed by atoms with Gasteiger partial charge in [-0.3, -0.25) is 4.79 Å². The molecular formula is C21H17ClN2O5. The van der Waals surface area contributed by atoms with Gasteiger partial charge in [0, 0.05) is 5.02 Å². The minimum absolute atomic E-state index is 0.104. The number of amides is 1. The number of halogens is 1. The first-order valence-electron chi connectivity index (χ1n) is 8.58. The van der Waals surface area contributed by atoms with E-state index in [1.807, 2.05) is 6.92 Å². The van der Waals surface area contributed by atoms with Gasteiger partial charge in [0.2, 0.25) is 5.76 Å². The molecule has 3 rings (SSSR count). The Balaban J connectivity index is 1.50. The van der Waals surface area contributed by atoms with Crippen molar-refractivity contribution in [2.45, 2.75) is 6.92 Å². The molecule has 8 heteroatoms. The number of esters is 1. The summed E-state index contributed by atoms with van der Waals surface area (Å²) in [5, 5.41) is 4.50. The minimum Gasteiger partial charge on any atom is -0.484 e. The Morgan fingerprint density at radius 3 is 2.76 bits per heavy atom. The number of nitrogens with one attached hydrogen (secondary N) is 1. The van der Waals surface area contributed by atoms with Crippen LogP contribution in [0.4, 0.5) is 0 Å². The lowest BCUT2D eigenvalue weighted by Gasteiger charge is -2.06. The van der Waals surface area contributed by atoms with Crippen LogP contribution >= 0.6 is 11.6 Å². The average molecular weight is 413 g/mol. The van der Waals surface area contributed by atoms with Crippen LogP contribution in [0.15, 0.2) is 70.4 Å². The molecule has 2 aromatic carbocycles. The first-order chi connectivity index (χ1) is 14.0. The second-order valence-corrected chi connectivity index (χ2v) is 6.34. The van der Waals surface area contributed by atoms with Gasteiger partial charge in [-0.25, -0.2) is 10.2 Å². The minimum atomic E-state index is -0.605. The topological polar surface area (TPSA) is 90.1 Å². The summed E-state index contributed by atoms with van der Waals surface area (Å²) in [6.45, 7) is 1.65. The Morgan fingerprint density at radius 1 is 1.14 bits per heavy atom. The standard InChI is InChI=1S/C21H17ClN2O5/c1-14-10-16(7-8-18(14)22)28-13-20(25)24-23-12-15-4-2-5-17(11-15)29-21(26)19-6-3-9-27-19/h2-12H,13H2,1H3,(H,24,25)/b23-12+. The largest absolute Gasteiger partial charge is 0.484 e. The Labute approximate surface area is 171 Å². The van der Waals surface area contributed by atoms with Gasteiger partial charge < -0.3 is 13.9 Å². The highest BCUT2D eigenvalue weighted by atomic mass is 35.5. The number of furan rings is 1. The number of hydrogen-bond donors (Lipinski definition) is 1. The van der Waals surface area contributed by atoms with E-state index in [0.29, 0.717) is 22.1 Å². The molecule has 0 aliphatic rings. The van der Waals surface area contributed by atoms with E-state index in [0.717, 1.165) is 5.56 Å². The first kappa shape index (κ1) is 20.2. The van der Waals surface area contributed by atoms with Crippen LogP contribution in [0, 0.1) is 6.92 Å². The molecule has 1 heterocycles. The molecule has 7 nitrogen and oxygen atoms in total. The Hall–Kier alpha value is -3.58.